The zero-order valence-corrected chi connectivity index (χ0v) is 11.8. The molecule has 0 aromatic carbocycles. The van der Waals surface area contributed by atoms with Gasteiger partial charge in [0, 0.05) is 24.1 Å². The van der Waals surface area contributed by atoms with Crippen molar-refractivity contribution in [2.24, 2.45) is 0 Å². The van der Waals surface area contributed by atoms with E-state index < -0.39 is 5.60 Å². The summed E-state index contributed by atoms with van der Waals surface area (Å²) in [7, 11) is 0. The highest BCUT2D eigenvalue weighted by atomic mass is 79.9. The van der Waals surface area contributed by atoms with E-state index in [1.807, 2.05) is 0 Å². The standard InChI is InChI=1S/C14H17BrO3/c15-9-5-14-8-13-4-2-1-3-12(13,18-13)7-11(14,16)6-10(9)17-14/h1-2,9-10,16H,3-8H2/t9-,10+,11-,12+,13-,14-/m0/s1. The van der Waals surface area contributed by atoms with Gasteiger partial charge in [-0.15, -0.1) is 0 Å². The molecule has 0 aromatic heterocycles. The molecule has 2 aliphatic carbocycles. The van der Waals surface area contributed by atoms with Gasteiger partial charge in [0.15, 0.2) is 0 Å². The zero-order chi connectivity index (χ0) is 12.2. The van der Waals surface area contributed by atoms with Crippen molar-refractivity contribution in [3.63, 3.8) is 0 Å². The molecule has 6 atom stereocenters. The predicted molar refractivity (Wildman–Crippen MR) is 68.7 cm³/mol. The average molecular weight is 313 g/mol. The predicted octanol–water partition coefficient (Wildman–Crippen LogP) is 2.06. The molecule has 0 aromatic rings. The number of hydrogen-bond donors (Lipinski definition) is 1. The maximum Gasteiger partial charge on any atom is 0.105 e. The van der Waals surface area contributed by atoms with Crippen molar-refractivity contribution >= 4 is 15.9 Å². The summed E-state index contributed by atoms with van der Waals surface area (Å²) in [6.07, 6.45) is 9.94. The van der Waals surface area contributed by atoms with Gasteiger partial charge in [-0.2, -0.15) is 0 Å². The van der Waals surface area contributed by atoms with Crippen LogP contribution < -0.4 is 0 Å². The molecule has 98 valence electrons. The highest BCUT2D eigenvalue weighted by Crippen LogP contribution is 2.72. The summed E-state index contributed by atoms with van der Waals surface area (Å²) in [5.41, 5.74) is -1.11. The van der Waals surface area contributed by atoms with Gasteiger partial charge in [0.2, 0.25) is 0 Å². The summed E-state index contributed by atoms with van der Waals surface area (Å²) in [4.78, 5) is 0.402. The lowest BCUT2D eigenvalue weighted by Gasteiger charge is -2.48. The molecule has 1 saturated carbocycles. The first-order chi connectivity index (χ1) is 8.52. The Bertz CT molecular complexity index is 474. The molecular formula is C14H17BrO3. The van der Waals surface area contributed by atoms with Crippen molar-refractivity contribution in [2.45, 2.75) is 71.9 Å². The Labute approximate surface area is 115 Å². The van der Waals surface area contributed by atoms with Crippen molar-refractivity contribution in [3.05, 3.63) is 12.2 Å². The Morgan fingerprint density at radius 3 is 2.50 bits per heavy atom. The van der Waals surface area contributed by atoms with Gasteiger partial charge in [-0.25, -0.2) is 0 Å². The van der Waals surface area contributed by atoms with Crippen LogP contribution in [0.4, 0.5) is 0 Å². The molecule has 4 heteroatoms. The molecule has 1 N–H and O–H groups in total. The molecule has 0 amide bonds. The minimum absolute atomic E-state index is 0.0278. The molecule has 18 heavy (non-hydrogen) atoms. The van der Waals surface area contributed by atoms with E-state index in [2.05, 4.69) is 28.1 Å². The first kappa shape index (κ1) is 10.8. The Morgan fingerprint density at radius 2 is 1.78 bits per heavy atom. The molecule has 5 rings (SSSR count). The largest absolute Gasteiger partial charge is 0.387 e. The first-order valence-electron chi connectivity index (χ1n) is 6.92. The summed E-state index contributed by atoms with van der Waals surface area (Å²) in [5.74, 6) is 0. The highest BCUT2D eigenvalue weighted by molar-refractivity contribution is 9.09. The zero-order valence-electron chi connectivity index (χ0n) is 10.2. The molecule has 3 aliphatic heterocycles. The van der Waals surface area contributed by atoms with E-state index in [0.717, 1.165) is 38.5 Å². The summed E-state index contributed by atoms with van der Waals surface area (Å²) >= 11 is 3.70. The van der Waals surface area contributed by atoms with E-state index in [0.29, 0.717) is 4.83 Å². The number of hydrogen-bond acceptors (Lipinski definition) is 3. The van der Waals surface area contributed by atoms with Crippen LogP contribution in [-0.4, -0.2) is 38.4 Å². The second-order valence-electron chi connectivity index (χ2n) is 6.93. The fourth-order valence-corrected chi connectivity index (χ4v) is 6.00. The van der Waals surface area contributed by atoms with E-state index in [-0.39, 0.29) is 22.9 Å². The van der Waals surface area contributed by atoms with Gasteiger partial charge >= 0.3 is 0 Å². The summed E-state index contributed by atoms with van der Waals surface area (Å²) in [6.45, 7) is 0. The number of halogens is 1. The fraction of sp³-hybridized carbons (Fsp3) is 0.857. The summed E-state index contributed by atoms with van der Waals surface area (Å²) in [5, 5.41) is 11.1. The lowest BCUT2D eigenvalue weighted by molar-refractivity contribution is -0.143. The fourth-order valence-electron chi connectivity index (χ4n) is 5.18. The Kier molecular flexibility index (Phi) is 1.66. The van der Waals surface area contributed by atoms with Gasteiger partial charge in [-0.3, -0.25) is 0 Å². The number of aliphatic hydroxyl groups is 1. The van der Waals surface area contributed by atoms with Crippen molar-refractivity contribution in [3.8, 4) is 0 Å². The van der Waals surface area contributed by atoms with Crippen LogP contribution >= 0.6 is 15.9 Å². The van der Waals surface area contributed by atoms with Crippen LogP contribution in [0, 0.1) is 0 Å². The van der Waals surface area contributed by atoms with E-state index in [9.17, 15) is 5.11 Å². The maximum atomic E-state index is 11.1. The van der Waals surface area contributed by atoms with Crippen molar-refractivity contribution in [2.75, 3.05) is 0 Å². The number of alkyl halides is 1. The maximum absolute atomic E-state index is 11.1. The minimum atomic E-state index is -0.660. The second-order valence-corrected chi connectivity index (χ2v) is 8.11. The van der Waals surface area contributed by atoms with Gasteiger partial charge in [0.25, 0.3) is 0 Å². The molecule has 2 bridgehead atoms. The summed E-state index contributed by atoms with van der Waals surface area (Å²) in [6, 6.07) is 0. The lowest BCUT2D eigenvalue weighted by Crippen LogP contribution is -2.61. The van der Waals surface area contributed by atoms with Crippen LogP contribution in [0.5, 0.6) is 0 Å². The molecular weight excluding hydrogens is 296 g/mol. The third kappa shape index (κ3) is 0.952. The van der Waals surface area contributed by atoms with Crippen molar-refractivity contribution in [1.29, 1.82) is 0 Å². The van der Waals surface area contributed by atoms with Gasteiger partial charge in [0.05, 0.1) is 11.7 Å². The first-order valence-corrected chi connectivity index (χ1v) is 7.83. The van der Waals surface area contributed by atoms with Gasteiger partial charge in [-0.05, 0) is 19.3 Å². The summed E-state index contributed by atoms with van der Waals surface area (Å²) < 4.78 is 12.4. The molecule has 0 unspecified atom stereocenters. The molecule has 3 heterocycles. The highest BCUT2D eigenvalue weighted by Gasteiger charge is 2.82. The SMILES string of the molecule is O[C@]12C[C@H]3O[C@@]1(C[C@@H]3Br)C[C@@]13CC=CC[C@]1(C2)O3. The number of ether oxygens (including phenoxy) is 2. The van der Waals surface area contributed by atoms with Crippen LogP contribution in [0.15, 0.2) is 12.2 Å². The topological polar surface area (TPSA) is 42.0 Å². The Morgan fingerprint density at radius 1 is 1.06 bits per heavy atom. The number of fused-ring (bicyclic) bond motifs is 1. The average Bonchev–Trinajstić information content (AvgIpc) is 2.71. The Hall–Kier alpha value is 0.1000. The smallest absolute Gasteiger partial charge is 0.105 e. The van der Waals surface area contributed by atoms with E-state index in [4.69, 9.17) is 9.47 Å². The molecule has 5 aliphatic rings. The lowest BCUT2D eigenvalue weighted by atomic mass is 9.57. The molecule has 1 spiro atoms. The second kappa shape index (κ2) is 2.76. The van der Waals surface area contributed by atoms with E-state index in [1.54, 1.807) is 0 Å². The van der Waals surface area contributed by atoms with Crippen molar-refractivity contribution in [1.82, 2.24) is 0 Å². The van der Waals surface area contributed by atoms with Crippen LogP contribution in [0.3, 0.4) is 0 Å². The van der Waals surface area contributed by atoms with Gasteiger partial charge < -0.3 is 14.6 Å². The van der Waals surface area contributed by atoms with Gasteiger partial charge in [0.1, 0.15) is 16.8 Å². The van der Waals surface area contributed by atoms with Crippen LogP contribution in [0.1, 0.15) is 38.5 Å². The van der Waals surface area contributed by atoms with E-state index in [1.165, 1.54) is 0 Å². The monoisotopic (exact) mass is 312 g/mol. The quantitative estimate of drug-likeness (QED) is 0.423. The minimum Gasteiger partial charge on any atom is -0.387 e. The van der Waals surface area contributed by atoms with Gasteiger partial charge in [-0.1, -0.05) is 28.1 Å². The Balaban J connectivity index is 1.61. The molecule has 3 saturated heterocycles. The van der Waals surface area contributed by atoms with Crippen molar-refractivity contribution < 1.29 is 14.6 Å². The van der Waals surface area contributed by atoms with Crippen LogP contribution in [-0.2, 0) is 9.47 Å². The normalized spacial score (nSPS) is 67.4. The van der Waals surface area contributed by atoms with E-state index >= 15 is 0 Å². The third-order valence-electron chi connectivity index (χ3n) is 6.08. The van der Waals surface area contributed by atoms with Crippen LogP contribution in [0.25, 0.3) is 0 Å². The third-order valence-corrected chi connectivity index (χ3v) is 7.00. The molecule has 3 nitrogen and oxygen atoms in total. The number of rotatable bonds is 0. The number of epoxide rings is 1. The van der Waals surface area contributed by atoms with Crippen LogP contribution in [0.2, 0.25) is 0 Å². The molecule has 0 radical (unpaired) electrons. The molecule has 4 fully saturated rings.